The van der Waals surface area contributed by atoms with Crippen molar-refractivity contribution in [3.63, 3.8) is 0 Å². The first-order valence-corrected chi connectivity index (χ1v) is 13.5. The number of hydrogen-bond acceptors (Lipinski definition) is 6. The van der Waals surface area contributed by atoms with Crippen molar-refractivity contribution in [2.24, 2.45) is 0 Å². The maximum Gasteiger partial charge on any atom is 0.407 e. The molecule has 1 N–H and O–H groups in total. The van der Waals surface area contributed by atoms with Crippen LogP contribution in [-0.4, -0.2) is 70.7 Å². The average molecular weight is 537 g/mol. The lowest BCUT2D eigenvalue weighted by molar-refractivity contribution is 0.153. The van der Waals surface area contributed by atoms with Crippen LogP contribution in [0.2, 0.25) is 0 Å². The normalized spacial score (nSPS) is 15.9. The summed E-state index contributed by atoms with van der Waals surface area (Å²) in [4.78, 5) is 19.6. The Bertz CT molecular complexity index is 1640. The van der Waals surface area contributed by atoms with Crippen molar-refractivity contribution in [1.82, 2.24) is 39.4 Å². The second-order valence-electron chi connectivity index (χ2n) is 10.5. The third-order valence-electron chi connectivity index (χ3n) is 7.56. The Kier molecular flexibility index (Phi) is 7.00. The average Bonchev–Trinajstić information content (AvgIpc) is 3.57. The summed E-state index contributed by atoms with van der Waals surface area (Å²) < 4.78 is 3.70. The summed E-state index contributed by atoms with van der Waals surface area (Å²) >= 11 is 0. The first kappa shape index (κ1) is 25.7. The van der Waals surface area contributed by atoms with Crippen molar-refractivity contribution in [2.75, 3.05) is 20.1 Å². The third kappa shape index (κ3) is 5.17. The molecule has 3 aromatic heterocycles. The fourth-order valence-corrected chi connectivity index (χ4v) is 5.61. The van der Waals surface area contributed by atoms with E-state index in [9.17, 15) is 4.79 Å². The number of carbonyl (C=O) groups is 1. The minimum Gasteiger partial charge on any atom is -0.465 e. The molecule has 2 aromatic carbocycles. The summed E-state index contributed by atoms with van der Waals surface area (Å²) in [6.07, 6.45) is 4.92. The van der Waals surface area contributed by atoms with Crippen LogP contribution in [0.3, 0.4) is 0 Å². The molecule has 0 aliphatic carbocycles. The number of aryl methyl sites for hydroxylation is 1. The van der Waals surface area contributed by atoms with Crippen LogP contribution < -0.4 is 0 Å². The van der Waals surface area contributed by atoms with Crippen molar-refractivity contribution >= 4 is 11.7 Å². The Labute approximate surface area is 232 Å². The van der Waals surface area contributed by atoms with Gasteiger partial charge in [0.2, 0.25) is 0 Å². The summed E-state index contributed by atoms with van der Waals surface area (Å²) in [6.45, 7) is 5.24. The molecule has 1 saturated heterocycles. The molecule has 6 rings (SSSR count). The van der Waals surface area contributed by atoms with Crippen LogP contribution >= 0.6 is 0 Å². The van der Waals surface area contributed by atoms with Gasteiger partial charge in [-0.25, -0.2) is 19.0 Å². The van der Waals surface area contributed by atoms with Crippen molar-refractivity contribution in [3.05, 3.63) is 95.7 Å². The van der Waals surface area contributed by atoms with E-state index in [2.05, 4.69) is 57.7 Å². The Morgan fingerprint density at radius 2 is 1.98 bits per heavy atom. The Morgan fingerprint density at radius 1 is 1.12 bits per heavy atom. The number of carboxylic acid groups (broad SMARTS) is 1. The third-order valence-corrected chi connectivity index (χ3v) is 7.56. The van der Waals surface area contributed by atoms with E-state index in [1.807, 2.05) is 35.8 Å². The smallest absolute Gasteiger partial charge is 0.407 e. The van der Waals surface area contributed by atoms with Gasteiger partial charge in [0.25, 0.3) is 0 Å². The molecule has 10 nitrogen and oxygen atoms in total. The van der Waals surface area contributed by atoms with Crippen LogP contribution in [0.4, 0.5) is 4.79 Å². The van der Waals surface area contributed by atoms with Gasteiger partial charge in [0, 0.05) is 37.8 Å². The molecule has 1 amide bonds. The maximum atomic E-state index is 11.2. The lowest BCUT2D eigenvalue weighted by atomic mass is 9.94. The second-order valence-corrected chi connectivity index (χ2v) is 10.5. The van der Waals surface area contributed by atoms with E-state index in [4.69, 9.17) is 15.2 Å². The van der Waals surface area contributed by atoms with Gasteiger partial charge < -0.3 is 10.0 Å². The predicted octanol–water partition coefficient (Wildman–Crippen LogP) is 4.77. The lowest BCUT2D eigenvalue weighted by Gasteiger charge is -2.33. The number of aromatic nitrogens is 6. The van der Waals surface area contributed by atoms with Crippen molar-refractivity contribution in [3.8, 4) is 16.8 Å². The zero-order valence-corrected chi connectivity index (χ0v) is 22.7. The quantitative estimate of drug-likeness (QED) is 0.319. The molecule has 1 unspecified atom stereocenters. The Balaban J connectivity index is 1.28. The number of amides is 1. The SMILES string of the molecule is Cc1nn2c(C3CCCN(Cc4ccccc4)C3)ccnc2c1-c1cccc(-n2cc(CN(C)C(=O)O)nn2)c1. The van der Waals surface area contributed by atoms with Crippen LogP contribution in [0.5, 0.6) is 0 Å². The summed E-state index contributed by atoms with van der Waals surface area (Å²) in [5.41, 5.74) is 7.67. The number of fused-ring (bicyclic) bond motifs is 1. The van der Waals surface area contributed by atoms with Gasteiger partial charge in [-0.15, -0.1) is 5.10 Å². The van der Waals surface area contributed by atoms with Crippen LogP contribution in [0.25, 0.3) is 22.5 Å². The van der Waals surface area contributed by atoms with Gasteiger partial charge in [-0.05, 0) is 55.6 Å². The lowest BCUT2D eigenvalue weighted by Crippen LogP contribution is -2.34. The van der Waals surface area contributed by atoms with Gasteiger partial charge in [0.15, 0.2) is 5.65 Å². The van der Waals surface area contributed by atoms with E-state index in [-0.39, 0.29) is 6.54 Å². The van der Waals surface area contributed by atoms with E-state index in [1.165, 1.54) is 23.2 Å². The minimum absolute atomic E-state index is 0.165. The molecule has 204 valence electrons. The number of nitrogens with zero attached hydrogens (tertiary/aromatic N) is 8. The van der Waals surface area contributed by atoms with Crippen molar-refractivity contribution in [2.45, 2.75) is 38.8 Å². The molecule has 1 aliphatic heterocycles. The molecular weight excluding hydrogens is 504 g/mol. The summed E-state index contributed by atoms with van der Waals surface area (Å²) in [5.74, 6) is 0.374. The highest BCUT2D eigenvalue weighted by molar-refractivity contribution is 5.80. The van der Waals surface area contributed by atoms with Gasteiger partial charge in [0.1, 0.15) is 5.69 Å². The molecular formula is C30H32N8O2. The van der Waals surface area contributed by atoms with E-state index in [0.717, 1.165) is 60.6 Å². The highest BCUT2D eigenvalue weighted by Crippen LogP contribution is 2.33. The number of benzene rings is 2. The van der Waals surface area contributed by atoms with Crippen molar-refractivity contribution < 1.29 is 9.90 Å². The Hall–Kier alpha value is -4.57. The zero-order chi connectivity index (χ0) is 27.6. The molecule has 10 heteroatoms. The molecule has 0 bridgehead atoms. The van der Waals surface area contributed by atoms with Crippen LogP contribution in [0, 0.1) is 6.92 Å². The fraction of sp³-hybridized carbons (Fsp3) is 0.300. The standard InChI is InChI=1S/C30H32N8O2/c1-21-28(23-10-6-12-26(16-23)37-20-25(32-34-37)19-35(2)30(39)40)29-31-14-13-27(38(29)33-21)24-11-7-15-36(18-24)17-22-8-4-3-5-9-22/h3-6,8-10,12-14,16,20,24H,7,11,15,17-19H2,1-2H3,(H,39,40). The molecule has 0 radical (unpaired) electrons. The first-order valence-electron chi connectivity index (χ1n) is 13.5. The highest BCUT2D eigenvalue weighted by Gasteiger charge is 2.25. The molecule has 1 atom stereocenters. The van der Waals surface area contributed by atoms with Crippen LogP contribution in [0.1, 0.15) is 41.4 Å². The van der Waals surface area contributed by atoms with Gasteiger partial charge in [-0.1, -0.05) is 47.7 Å². The molecule has 1 aliphatic rings. The van der Waals surface area contributed by atoms with Crippen LogP contribution in [-0.2, 0) is 13.1 Å². The van der Waals surface area contributed by atoms with E-state index < -0.39 is 6.09 Å². The molecule has 4 heterocycles. The van der Waals surface area contributed by atoms with Gasteiger partial charge >= 0.3 is 6.09 Å². The number of piperidine rings is 1. The second kappa shape index (κ2) is 10.9. The van der Waals surface area contributed by atoms with Crippen molar-refractivity contribution in [1.29, 1.82) is 0 Å². The Morgan fingerprint density at radius 3 is 2.80 bits per heavy atom. The van der Waals surface area contributed by atoms with Gasteiger partial charge in [-0.3, -0.25) is 4.90 Å². The maximum absolute atomic E-state index is 11.2. The fourth-order valence-electron chi connectivity index (χ4n) is 5.61. The molecule has 0 saturated carbocycles. The molecule has 0 spiro atoms. The summed E-state index contributed by atoms with van der Waals surface area (Å²) in [5, 5.41) is 22.5. The number of likely N-dealkylation sites (tertiary alicyclic amines) is 1. The minimum atomic E-state index is -1.01. The van der Waals surface area contributed by atoms with Gasteiger partial charge in [-0.2, -0.15) is 5.10 Å². The predicted molar refractivity (Wildman–Crippen MR) is 151 cm³/mol. The molecule has 1 fully saturated rings. The topological polar surface area (TPSA) is 105 Å². The number of rotatable bonds is 7. The molecule has 40 heavy (non-hydrogen) atoms. The monoisotopic (exact) mass is 536 g/mol. The zero-order valence-electron chi connectivity index (χ0n) is 22.7. The van der Waals surface area contributed by atoms with E-state index >= 15 is 0 Å². The van der Waals surface area contributed by atoms with E-state index in [1.54, 1.807) is 10.9 Å². The highest BCUT2D eigenvalue weighted by atomic mass is 16.4. The van der Waals surface area contributed by atoms with Gasteiger partial charge in [0.05, 0.1) is 29.8 Å². The first-order chi connectivity index (χ1) is 19.5. The molecule has 5 aromatic rings. The van der Waals surface area contributed by atoms with Crippen LogP contribution in [0.15, 0.2) is 73.1 Å². The number of hydrogen-bond donors (Lipinski definition) is 1. The summed E-state index contributed by atoms with van der Waals surface area (Å²) in [6, 6.07) is 20.8. The largest absolute Gasteiger partial charge is 0.465 e. The summed E-state index contributed by atoms with van der Waals surface area (Å²) in [7, 11) is 1.51. The van der Waals surface area contributed by atoms with E-state index in [0.29, 0.717) is 11.6 Å².